The zero-order valence-electron chi connectivity index (χ0n) is 14.9. The minimum Gasteiger partial charge on any atom is -0.483 e. The number of amides is 1. The van der Waals surface area contributed by atoms with Gasteiger partial charge in [0.05, 0.1) is 12.2 Å². The molecule has 1 unspecified atom stereocenters. The van der Waals surface area contributed by atoms with E-state index in [2.05, 4.69) is 18.7 Å². The number of carboxylic acid groups (broad SMARTS) is 1. The number of likely N-dealkylation sites (tertiary alicyclic amines) is 2. The average molecular weight is 344 g/mol. The van der Waals surface area contributed by atoms with Crippen LogP contribution in [0.1, 0.15) is 46.0 Å². The fourth-order valence-electron chi connectivity index (χ4n) is 3.48. The van der Waals surface area contributed by atoms with Gasteiger partial charge in [0, 0.05) is 25.0 Å². The maximum Gasteiger partial charge on any atom is 0.290 e. The Hall–Kier alpha value is -1.18. The summed E-state index contributed by atoms with van der Waals surface area (Å²) in [4.78, 5) is 25.3. The maximum atomic E-state index is 12.6. The molecule has 0 aromatic rings. The smallest absolute Gasteiger partial charge is 0.290 e. The van der Waals surface area contributed by atoms with Crippen LogP contribution in [0.15, 0.2) is 0 Å². The number of hydrogen-bond acceptors (Lipinski definition) is 5. The third kappa shape index (κ3) is 6.03. The van der Waals surface area contributed by atoms with E-state index in [-0.39, 0.29) is 24.9 Å². The second kappa shape index (κ2) is 9.96. The van der Waals surface area contributed by atoms with Gasteiger partial charge in [-0.1, -0.05) is 0 Å². The summed E-state index contributed by atoms with van der Waals surface area (Å²) < 4.78 is 0. The van der Waals surface area contributed by atoms with E-state index in [0.29, 0.717) is 32.0 Å². The normalized spacial score (nSPS) is 26.5. The summed E-state index contributed by atoms with van der Waals surface area (Å²) >= 11 is 0. The number of aliphatic hydroxyl groups is 2. The molecule has 7 heteroatoms. The van der Waals surface area contributed by atoms with Crippen molar-refractivity contribution in [3.05, 3.63) is 0 Å². The van der Waals surface area contributed by atoms with Crippen molar-refractivity contribution in [1.29, 1.82) is 0 Å². The van der Waals surface area contributed by atoms with Crippen LogP contribution < -0.4 is 0 Å². The Morgan fingerprint density at radius 1 is 1.21 bits per heavy atom. The van der Waals surface area contributed by atoms with E-state index in [1.807, 2.05) is 4.90 Å². The van der Waals surface area contributed by atoms with Crippen molar-refractivity contribution in [3.8, 4) is 0 Å². The molecule has 1 atom stereocenters. The monoisotopic (exact) mass is 344 g/mol. The zero-order valence-corrected chi connectivity index (χ0v) is 14.9. The lowest BCUT2D eigenvalue weighted by molar-refractivity contribution is -0.137. The first-order valence-corrected chi connectivity index (χ1v) is 8.81. The van der Waals surface area contributed by atoms with Gasteiger partial charge in [-0.15, -0.1) is 0 Å². The molecule has 0 bridgehead atoms. The molecular weight excluding hydrogens is 312 g/mol. The van der Waals surface area contributed by atoms with E-state index >= 15 is 0 Å². The van der Waals surface area contributed by atoms with E-state index in [1.54, 1.807) is 0 Å². The third-order valence-corrected chi connectivity index (χ3v) is 5.13. The standard InChI is InChI=1S/C16H30N2O3.CH2O2/c1-13(2)17-9-4-14(5-10-17)15(20)18-8-3-6-16(21,12-19)7-11-18;2-1-3/h13-14,19,21H,3-12H2,1-2H3;1H,(H,2,3). The Bertz CT molecular complexity index is 396. The fraction of sp³-hybridized carbons (Fsp3) is 0.882. The van der Waals surface area contributed by atoms with E-state index in [1.165, 1.54) is 0 Å². The molecule has 0 aliphatic carbocycles. The van der Waals surface area contributed by atoms with Crippen molar-refractivity contribution in [2.75, 3.05) is 32.8 Å². The van der Waals surface area contributed by atoms with Gasteiger partial charge in [0.1, 0.15) is 0 Å². The molecule has 0 aromatic heterocycles. The van der Waals surface area contributed by atoms with Crippen LogP contribution in [0.2, 0.25) is 0 Å². The summed E-state index contributed by atoms with van der Waals surface area (Å²) in [6.45, 7) is 7.23. The largest absolute Gasteiger partial charge is 0.483 e. The lowest BCUT2D eigenvalue weighted by Crippen LogP contribution is -2.45. The first-order valence-electron chi connectivity index (χ1n) is 8.81. The lowest BCUT2D eigenvalue weighted by Gasteiger charge is -2.36. The van der Waals surface area contributed by atoms with Gasteiger partial charge in [-0.05, 0) is 59.0 Å². The number of rotatable bonds is 3. The predicted molar refractivity (Wildman–Crippen MR) is 90.6 cm³/mol. The summed E-state index contributed by atoms with van der Waals surface area (Å²) in [6, 6.07) is 0.554. The minimum absolute atomic E-state index is 0.139. The van der Waals surface area contributed by atoms with Crippen LogP contribution in [0.4, 0.5) is 0 Å². The van der Waals surface area contributed by atoms with Crippen LogP contribution in [0.25, 0.3) is 0 Å². The van der Waals surface area contributed by atoms with Gasteiger partial charge >= 0.3 is 0 Å². The van der Waals surface area contributed by atoms with Crippen molar-refractivity contribution < 1.29 is 24.9 Å². The molecule has 0 radical (unpaired) electrons. The SMILES string of the molecule is CC(C)N1CCC(C(=O)N2CCCC(O)(CO)CC2)CC1.O=CO. The second-order valence-corrected chi connectivity index (χ2v) is 7.07. The van der Waals surface area contributed by atoms with Gasteiger partial charge in [0.25, 0.3) is 6.47 Å². The van der Waals surface area contributed by atoms with Crippen LogP contribution >= 0.6 is 0 Å². The summed E-state index contributed by atoms with van der Waals surface area (Å²) in [5, 5.41) is 26.3. The van der Waals surface area contributed by atoms with E-state index < -0.39 is 5.60 Å². The second-order valence-electron chi connectivity index (χ2n) is 7.07. The Morgan fingerprint density at radius 2 is 1.79 bits per heavy atom. The number of hydrogen-bond donors (Lipinski definition) is 3. The molecule has 7 nitrogen and oxygen atoms in total. The third-order valence-electron chi connectivity index (χ3n) is 5.13. The van der Waals surface area contributed by atoms with Gasteiger partial charge in [0.2, 0.25) is 5.91 Å². The Balaban J connectivity index is 0.000000891. The molecular formula is C17H32N2O5. The molecule has 2 heterocycles. The molecule has 3 N–H and O–H groups in total. The Labute approximate surface area is 144 Å². The highest BCUT2D eigenvalue weighted by molar-refractivity contribution is 5.79. The number of piperidine rings is 1. The molecule has 2 saturated heterocycles. The van der Waals surface area contributed by atoms with Gasteiger partial charge in [-0.3, -0.25) is 9.59 Å². The predicted octanol–water partition coefficient (Wildman–Crippen LogP) is 0.544. The van der Waals surface area contributed by atoms with Crippen molar-refractivity contribution in [1.82, 2.24) is 9.80 Å². The fourth-order valence-corrected chi connectivity index (χ4v) is 3.48. The first-order chi connectivity index (χ1) is 11.4. The average Bonchev–Trinajstić information content (AvgIpc) is 2.77. The lowest BCUT2D eigenvalue weighted by atomic mass is 9.94. The van der Waals surface area contributed by atoms with Crippen LogP contribution in [-0.2, 0) is 9.59 Å². The number of carbonyl (C=O) groups excluding carboxylic acids is 1. The highest BCUT2D eigenvalue weighted by Crippen LogP contribution is 2.25. The van der Waals surface area contributed by atoms with Crippen LogP contribution in [0.5, 0.6) is 0 Å². The Kier molecular flexibility index (Phi) is 8.66. The molecule has 140 valence electrons. The molecule has 24 heavy (non-hydrogen) atoms. The molecule has 0 spiro atoms. The summed E-state index contributed by atoms with van der Waals surface area (Å²) in [7, 11) is 0. The molecule has 2 rings (SSSR count). The highest BCUT2D eigenvalue weighted by Gasteiger charge is 2.34. The van der Waals surface area contributed by atoms with Gasteiger partial charge in [-0.2, -0.15) is 0 Å². The van der Waals surface area contributed by atoms with E-state index in [4.69, 9.17) is 9.90 Å². The zero-order chi connectivity index (χ0) is 18.2. The minimum atomic E-state index is -0.990. The van der Waals surface area contributed by atoms with Crippen LogP contribution in [0, 0.1) is 5.92 Å². The molecule has 2 aliphatic heterocycles. The molecule has 0 saturated carbocycles. The maximum absolute atomic E-state index is 12.6. The molecule has 2 fully saturated rings. The van der Waals surface area contributed by atoms with Gasteiger partial charge in [-0.25, -0.2) is 0 Å². The molecule has 2 aliphatic rings. The number of nitrogens with zero attached hydrogens (tertiary/aromatic N) is 2. The first kappa shape index (κ1) is 20.9. The molecule has 1 amide bonds. The van der Waals surface area contributed by atoms with Crippen molar-refractivity contribution in [3.63, 3.8) is 0 Å². The van der Waals surface area contributed by atoms with Crippen molar-refractivity contribution >= 4 is 12.4 Å². The highest BCUT2D eigenvalue weighted by atomic mass is 16.3. The van der Waals surface area contributed by atoms with Crippen LogP contribution in [0.3, 0.4) is 0 Å². The summed E-state index contributed by atoms with van der Waals surface area (Å²) in [5.41, 5.74) is -0.990. The van der Waals surface area contributed by atoms with E-state index in [0.717, 1.165) is 32.4 Å². The number of aliphatic hydroxyl groups excluding tert-OH is 1. The Morgan fingerprint density at radius 3 is 2.29 bits per heavy atom. The van der Waals surface area contributed by atoms with Crippen molar-refractivity contribution in [2.45, 2.75) is 57.6 Å². The number of carbonyl (C=O) groups is 2. The summed E-state index contributed by atoms with van der Waals surface area (Å²) in [6.07, 6.45) is 3.72. The molecule has 0 aromatic carbocycles. The topological polar surface area (TPSA) is 101 Å². The van der Waals surface area contributed by atoms with E-state index in [9.17, 15) is 15.0 Å². The summed E-state index contributed by atoms with van der Waals surface area (Å²) in [5.74, 6) is 0.390. The van der Waals surface area contributed by atoms with Crippen LogP contribution in [-0.4, -0.2) is 81.9 Å². The quantitative estimate of drug-likeness (QED) is 0.646. The van der Waals surface area contributed by atoms with Gasteiger partial charge in [0.15, 0.2) is 0 Å². The van der Waals surface area contributed by atoms with Crippen molar-refractivity contribution in [2.24, 2.45) is 5.92 Å². The van der Waals surface area contributed by atoms with Gasteiger partial charge < -0.3 is 25.1 Å².